The first-order valence-electron chi connectivity index (χ1n) is 14.7. The van der Waals surface area contributed by atoms with Crippen molar-refractivity contribution in [2.45, 2.75) is 19.6 Å². The van der Waals surface area contributed by atoms with Gasteiger partial charge in [-0.25, -0.2) is 24.2 Å². The lowest BCUT2D eigenvalue weighted by molar-refractivity contribution is -0.434. The first-order chi connectivity index (χ1) is 26.4. The van der Waals surface area contributed by atoms with E-state index in [9.17, 15) is 26.5 Å². The third kappa shape index (κ3) is 10.2. The summed E-state index contributed by atoms with van der Waals surface area (Å²) >= 11 is 1.21. The number of aromatic hydroxyl groups is 1. The molecule has 0 amide bonds. The molecular formula is C29H25N5O16S5. The maximum atomic E-state index is 12.6. The predicted octanol–water partition coefficient (Wildman–Crippen LogP) is 8.45. The smallest absolute Gasteiger partial charge is 0.297 e. The molecule has 0 unspecified atom stereocenters. The summed E-state index contributed by atoms with van der Waals surface area (Å²) in [5.41, 5.74) is 0.280. The molecule has 0 aliphatic heterocycles. The van der Waals surface area contributed by atoms with Crippen LogP contribution in [0.1, 0.15) is 0 Å². The Morgan fingerprint density at radius 2 is 1.38 bits per heavy atom. The van der Waals surface area contributed by atoms with Crippen LogP contribution in [0.4, 0.5) is 28.4 Å². The van der Waals surface area contributed by atoms with Crippen molar-refractivity contribution in [2.75, 3.05) is 24.7 Å². The summed E-state index contributed by atoms with van der Waals surface area (Å²) in [6, 6.07) is 17.1. The summed E-state index contributed by atoms with van der Waals surface area (Å²) in [4.78, 5) is -0.372. The highest BCUT2D eigenvalue weighted by atomic mass is 32.2. The second-order valence-corrected chi connectivity index (χ2v) is 15.8. The lowest BCUT2D eigenvalue weighted by atomic mass is 10.1. The van der Waals surface area contributed by atoms with Gasteiger partial charge >= 0.3 is 0 Å². The molecule has 21 nitrogen and oxygen atoms in total. The van der Waals surface area contributed by atoms with Gasteiger partial charge in [-0.05, 0) is 60.0 Å². The van der Waals surface area contributed by atoms with Gasteiger partial charge < -0.3 is 10.4 Å². The lowest BCUT2D eigenvalue weighted by Crippen LogP contribution is -2.10. The van der Waals surface area contributed by atoms with Crippen LogP contribution in [-0.4, -0.2) is 61.7 Å². The Balaban J connectivity index is 1.54. The summed E-state index contributed by atoms with van der Waals surface area (Å²) < 4.78 is 78.6. The Bertz CT molecular complexity index is 2440. The average molecular weight is 860 g/mol. The molecule has 26 heteroatoms. The van der Waals surface area contributed by atoms with Crippen molar-refractivity contribution in [1.82, 2.24) is 0 Å². The molecule has 0 saturated carbocycles. The molecule has 5 aromatic carbocycles. The minimum absolute atomic E-state index is 0.0104. The van der Waals surface area contributed by atoms with Crippen molar-refractivity contribution < 1.29 is 74.6 Å². The summed E-state index contributed by atoms with van der Waals surface area (Å²) in [6.45, 7) is -0.272. The standard InChI is InChI=1S/C29H25N5O16S5/c1-30-22-11-10-19-21(26(22)33-31-16-5-7-17(8-6-16)54(39,40)14-13-44-53-50-47-38)15-25(52-49-46-37)27(28(19)35)34-32-23-12-9-18-20(29(23)55(41,42)43)3-2-4-24(18)51-48-45-36/h2-12,15,30,35-38H,13-14H2,1H3,(H,41,42,43)/b33-31+,34-32+. The van der Waals surface area contributed by atoms with E-state index in [-0.39, 0.29) is 73.0 Å². The second-order valence-electron chi connectivity index (χ2n) is 10.3. The molecule has 0 fully saturated rings. The van der Waals surface area contributed by atoms with Crippen LogP contribution in [0.2, 0.25) is 0 Å². The monoisotopic (exact) mass is 859 g/mol. The maximum Gasteiger partial charge on any atom is 0.297 e. The topological polar surface area (TPSA) is 296 Å². The zero-order valence-electron chi connectivity index (χ0n) is 27.4. The highest BCUT2D eigenvalue weighted by Crippen LogP contribution is 2.48. The fourth-order valence-electron chi connectivity index (χ4n) is 4.95. The van der Waals surface area contributed by atoms with Gasteiger partial charge in [0.25, 0.3) is 10.1 Å². The van der Waals surface area contributed by atoms with Crippen LogP contribution < -0.4 is 5.32 Å². The third-order valence-electron chi connectivity index (χ3n) is 7.25. The number of azo groups is 2. The van der Waals surface area contributed by atoms with Crippen molar-refractivity contribution in [2.24, 2.45) is 20.5 Å². The van der Waals surface area contributed by atoms with Crippen molar-refractivity contribution in [1.29, 1.82) is 0 Å². The quantitative estimate of drug-likeness (QED) is 0.0113. The molecule has 5 aromatic rings. The van der Waals surface area contributed by atoms with Crippen molar-refractivity contribution >= 4 is 106 Å². The van der Waals surface area contributed by atoms with E-state index in [1.165, 1.54) is 66.7 Å². The van der Waals surface area contributed by atoms with Crippen LogP contribution in [-0.2, 0) is 52.3 Å². The van der Waals surface area contributed by atoms with E-state index >= 15 is 0 Å². The normalized spacial score (nSPS) is 12.5. The minimum atomic E-state index is -4.94. The second kappa shape index (κ2) is 19.2. The molecule has 0 saturated heterocycles. The molecule has 55 heavy (non-hydrogen) atoms. The largest absolute Gasteiger partial charge is 0.505 e. The Morgan fingerprint density at radius 3 is 2.05 bits per heavy atom. The van der Waals surface area contributed by atoms with E-state index < -0.39 is 36.4 Å². The summed E-state index contributed by atoms with van der Waals surface area (Å²) in [6.07, 6.45) is 0. The molecule has 292 valence electrons. The van der Waals surface area contributed by atoms with Crippen LogP contribution in [0.15, 0.2) is 113 Å². The summed E-state index contributed by atoms with van der Waals surface area (Å²) in [7, 11) is -7.10. The van der Waals surface area contributed by atoms with Gasteiger partial charge in [-0.3, -0.25) is 8.74 Å². The van der Waals surface area contributed by atoms with E-state index in [1.807, 2.05) is 0 Å². The lowest BCUT2D eigenvalue weighted by Gasteiger charge is -2.13. The first-order valence-corrected chi connectivity index (χ1v) is 19.9. The minimum Gasteiger partial charge on any atom is -0.505 e. The third-order valence-corrected chi connectivity index (χ3v) is 11.6. The average Bonchev–Trinajstić information content (AvgIpc) is 3.17. The molecule has 0 spiro atoms. The molecular weight excluding hydrogens is 835 g/mol. The molecule has 0 aromatic heterocycles. The Morgan fingerprint density at radius 1 is 0.709 bits per heavy atom. The number of nitrogens with one attached hydrogen (secondary N) is 1. The molecule has 0 aliphatic rings. The van der Waals surface area contributed by atoms with E-state index in [1.54, 1.807) is 13.1 Å². The van der Waals surface area contributed by atoms with Gasteiger partial charge in [0.05, 0.1) is 57.6 Å². The number of nitrogens with zero attached hydrogens (tertiary/aromatic N) is 4. The number of phenolic OH excluding ortho intramolecular Hbond substituents is 1. The fourth-order valence-corrected chi connectivity index (χ4v) is 8.18. The molecule has 0 radical (unpaired) electrons. The Kier molecular flexibility index (Phi) is 14.7. The van der Waals surface area contributed by atoms with Crippen LogP contribution in [0.3, 0.4) is 0 Å². The van der Waals surface area contributed by atoms with Crippen molar-refractivity contribution in [3.8, 4) is 5.75 Å². The number of rotatable bonds is 19. The van der Waals surface area contributed by atoms with Crippen LogP contribution >= 0.6 is 36.4 Å². The molecule has 0 atom stereocenters. The zero-order chi connectivity index (χ0) is 39.6. The number of hydrogen-bond donors (Lipinski definition) is 6. The fraction of sp³-hybridized carbons (Fsp3) is 0.103. The van der Waals surface area contributed by atoms with Gasteiger partial charge in [-0.2, -0.15) is 13.5 Å². The number of anilines is 1. The highest BCUT2D eigenvalue weighted by Gasteiger charge is 2.23. The molecule has 6 N–H and O–H groups in total. The number of sulfone groups is 1. The van der Waals surface area contributed by atoms with E-state index in [0.717, 1.165) is 0 Å². The van der Waals surface area contributed by atoms with Crippen LogP contribution in [0.5, 0.6) is 5.75 Å². The van der Waals surface area contributed by atoms with Crippen LogP contribution in [0.25, 0.3) is 21.5 Å². The van der Waals surface area contributed by atoms with E-state index in [2.05, 4.69) is 53.9 Å². The van der Waals surface area contributed by atoms with Gasteiger partial charge in [0.15, 0.2) is 27.9 Å². The molecule has 0 bridgehead atoms. The first kappa shape index (κ1) is 42.1. The number of hydrogen-bond acceptors (Lipinski definition) is 23. The van der Waals surface area contributed by atoms with Gasteiger partial charge in [0.2, 0.25) is 0 Å². The number of benzene rings is 5. The van der Waals surface area contributed by atoms with Gasteiger partial charge in [0, 0.05) is 28.1 Å². The summed E-state index contributed by atoms with van der Waals surface area (Å²) in [5.74, 6) is -0.902. The summed E-state index contributed by atoms with van der Waals surface area (Å²) in [5, 5.41) is 68.1. The molecule has 0 aliphatic carbocycles. The Labute approximate surface area is 322 Å². The number of fused-ring (bicyclic) bond motifs is 2. The Hall–Kier alpha value is -4.07. The SMILES string of the molecule is CNc1ccc2c(O)c(/N=N/c3ccc4c(SOOO)cccc4c3S(=O)(=O)O)c(SOOO)cc2c1/N=N/c1ccc(S(=O)(=O)CCOSOOO)cc1. The van der Waals surface area contributed by atoms with E-state index in [0.29, 0.717) is 34.7 Å². The van der Waals surface area contributed by atoms with Gasteiger partial charge in [-0.1, -0.05) is 33.3 Å². The van der Waals surface area contributed by atoms with Gasteiger partial charge in [0.1, 0.15) is 22.0 Å². The van der Waals surface area contributed by atoms with Gasteiger partial charge in [-0.15, -0.1) is 28.3 Å². The molecule has 5 rings (SSSR count). The van der Waals surface area contributed by atoms with Crippen molar-refractivity contribution in [3.63, 3.8) is 0 Å². The van der Waals surface area contributed by atoms with Crippen molar-refractivity contribution in [3.05, 3.63) is 72.8 Å². The highest BCUT2D eigenvalue weighted by molar-refractivity contribution is 7.95. The number of phenols is 1. The zero-order valence-corrected chi connectivity index (χ0v) is 31.5. The van der Waals surface area contributed by atoms with E-state index in [4.69, 9.17) is 20.0 Å². The predicted molar refractivity (Wildman–Crippen MR) is 195 cm³/mol. The van der Waals surface area contributed by atoms with Crippen LogP contribution in [0, 0.1) is 0 Å². The molecule has 0 heterocycles. The maximum absolute atomic E-state index is 12.6.